The van der Waals surface area contributed by atoms with Crippen LogP contribution in [0.25, 0.3) is 0 Å². The van der Waals surface area contributed by atoms with Crippen molar-refractivity contribution in [3.63, 3.8) is 0 Å². The third kappa shape index (κ3) is 24.8. The summed E-state index contributed by atoms with van der Waals surface area (Å²) in [5.41, 5.74) is 0. The van der Waals surface area contributed by atoms with E-state index in [2.05, 4.69) is 12.2 Å². The van der Waals surface area contributed by atoms with E-state index in [0.29, 0.717) is 12.8 Å². The fraction of sp³-hybridized carbons (Fsp3) is 0.636. The summed E-state index contributed by atoms with van der Waals surface area (Å²) >= 11 is 0. The first-order chi connectivity index (χ1) is 14.1. The van der Waals surface area contributed by atoms with Crippen molar-refractivity contribution in [3.05, 3.63) is 24.3 Å². The second kappa shape index (κ2) is 23.3. The van der Waals surface area contributed by atoms with Crippen LogP contribution in [0.15, 0.2) is 24.3 Å². The Hall–Kier alpha value is -1.38. The Kier molecular flexibility index (Phi) is 25.7. The Morgan fingerprint density at radius 2 is 1.00 bits per heavy atom. The molecule has 0 aromatic heterocycles. The van der Waals surface area contributed by atoms with Gasteiger partial charge in [-0.1, -0.05) is 24.3 Å². The van der Waals surface area contributed by atoms with Crippen molar-refractivity contribution in [1.29, 1.82) is 0 Å². The van der Waals surface area contributed by atoms with Crippen LogP contribution < -0.4 is 10.2 Å². The Balaban J connectivity index is -0.000000490. The number of carbonyl (C=O) groups is 4. The molecular weight excluding hydrogens is 428 g/mol. The van der Waals surface area contributed by atoms with Gasteiger partial charge in [-0.3, -0.25) is 9.59 Å². The zero-order chi connectivity index (χ0) is 23.4. The summed E-state index contributed by atoms with van der Waals surface area (Å²) in [7, 11) is 2.95. The smallest absolute Gasteiger partial charge is 0.548 e. The molecule has 0 aromatic rings. The number of carboxylic acid groups (broad SMARTS) is 2. The molecule has 172 valence electrons. The molecule has 9 heteroatoms. The standard InChI is InChI=1S/2C11H19NO3.Ca/c2*1-3-4-5-6-7-8-10(13)12(2)9-11(14)15;/h2*3-4H,5-9H2,1-2H3,(H,14,15);/q;;+2/p-2/b2*4-3+;. The number of hydrogen-bond donors (Lipinski definition) is 0. The zero-order valence-corrected chi connectivity index (χ0v) is 21.6. The van der Waals surface area contributed by atoms with Gasteiger partial charge in [0.15, 0.2) is 0 Å². The average Bonchev–Trinajstić information content (AvgIpc) is 2.66. The fourth-order valence-corrected chi connectivity index (χ4v) is 2.36. The maximum absolute atomic E-state index is 11.3. The van der Waals surface area contributed by atoms with Crippen LogP contribution in [0.5, 0.6) is 0 Å². The van der Waals surface area contributed by atoms with Gasteiger partial charge in [0, 0.05) is 26.9 Å². The molecular formula is C22H36CaN2O6. The summed E-state index contributed by atoms with van der Waals surface area (Å²) in [5, 5.41) is 20.4. The molecule has 0 heterocycles. The summed E-state index contributed by atoms with van der Waals surface area (Å²) in [6, 6.07) is 0. The van der Waals surface area contributed by atoms with Crippen LogP contribution in [0.4, 0.5) is 0 Å². The predicted molar refractivity (Wildman–Crippen MR) is 118 cm³/mol. The average molecular weight is 465 g/mol. The van der Waals surface area contributed by atoms with Crippen LogP contribution in [-0.4, -0.2) is 98.5 Å². The molecule has 0 bridgehead atoms. The van der Waals surface area contributed by atoms with E-state index >= 15 is 0 Å². The molecule has 31 heavy (non-hydrogen) atoms. The Labute approximate surface area is 216 Å². The van der Waals surface area contributed by atoms with Crippen molar-refractivity contribution in [1.82, 2.24) is 9.80 Å². The molecule has 0 spiro atoms. The molecule has 8 nitrogen and oxygen atoms in total. The third-order valence-corrected chi connectivity index (χ3v) is 4.08. The number of rotatable bonds is 14. The number of amides is 2. The van der Waals surface area contributed by atoms with Crippen LogP contribution in [0.1, 0.15) is 65.2 Å². The van der Waals surface area contributed by atoms with E-state index in [4.69, 9.17) is 0 Å². The largest absolute Gasteiger partial charge is 2.00 e. The van der Waals surface area contributed by atoms with E-state index in [1.165, 1.54) is 23.9 Å². The van der Waals surface area contributed by atoms with E-state index in [1.54, 1.807) is 0 Å². The number of unbranched alkanes of at least 4 members (excludes halogenated alkanes) is 4. The van der Waals surface area contributed by atoms with Gasteiger partial charge in [0.05, 0.1) is 25.0 Å². The van der Waals surface area contributed by atoms with Gasteiger partial charge in [-0.15, -0.1) is 0 Å². The van der Waals surface area contributed by atoms with E-state index in [9.17, 15) is 29.4 Å². The van der Waals surface area contributed by atoms with Crippen molar-refractivity contribution in [2.75, 3.05) is 27.2 Å². The van der Waals surface area contributed by atoms with Crippen LogP contribution in [0, 0.1) is 0 Å². The first-order valence-corrected chi connectivity index (χ1v) is 10.3. The topological polar surface area (TPSA) is 121 Å². The van der Waals surface area contributed by atoms with E-state index in [-0.39, 0.29) is 62.6 Å². The van der Waals surface area contributed by atoms with Gasteiger partial charge in [0.1, 0.15) is 0 Å². The van der Waals surface area contributed by atoms with Gasteiger partial charge in [0.25, 0.3) is 0 Å². The molecule has 0 saturated carbocycles. The minimum absolute atomic E-state index is 0. The first-order valence-electron chi connectivity index (χ1n) is 10.3. The monoisotopic (exact) mass is 464 g/mol. The number of carbonyl (C=O) groups excluding carboxylic acids is 4. The van der Waals surface area contributed by atoms with E-state index in [0.717, 1.165) is 38.5 Å². The molecule has 0 radical (unpaired) electrons. The Bertz CT molecular complexity index is 528. The summed E-state index contributed by atoms with van der Waals surface area (Å²) in [6.45, 7) is 3.26. The van der Waals surface area contributed by atoms with Gasteiger partial charge in [0.2, 0.25) is 11.8 Å². The van der Waals surface area contributed by atoms with Crippen LogP contribution >= 0.6 is 0 Å². The van der Waals surface area contributed by atoms with Crippen molar-refractivity contribution in [2.45, 2.75) is 65.2 Å². The number of likely N-dealkylation sites (N-methyl/N-ethyl adjacent to an activating group) is 2. The number of hydrogen-bond acceptors (Lipinski definition) is 6. The molecule has 0 aromatic carbocycles. The second-order valence-corrected chi connectivity index (χ2v) is 6.87. The molecule has 0 saturated heterocycles. The molecule has 0 atom stereocenters. The quantitative estimate of drug-likeness (QED) is 0.207. The molecule has 0 aliphatic rings. The van der Waals surface area contributed by atoms with Gasteiger partial charge in [-0.25, -0.2) is 0 Å². The van der Waals surface area contributed by atoms with Crippen molar-refractivity contribution < 1.29 is 29.4 Å². The van der Waals surface area contributed by atoms with Gasteiger partial charge in [-0.05, 0) is 52.4 Å². The molecule has 0 N–H and O–H groups in total. The summed E-state index contributed by atoms with van der Waals surface area (Å²) < 4.78 is 0. The number of nitrogens with zero attached hydrogens (tertiary/aromatic N) is 2. The molecule has 0 rings (SSSR count). The van der Waals surface area contributed by atoms with Crippen LogP contribution in [0.3, 0.4) is 0 Å². The summed E-state index contributed by atoms with van der Waals surface area (Å²) in [4.78, 5) is 45.5. The van der Waals surface area contributed by atoms with Crippen LogP contribution in [-0.2, 0) is 19.2 Å². The van der Waals surface area contributed by atoms with Crippen molar-refractivity contribution >= 4 is 61.5 Å². The molecule has 0 aliphatic carbocycles. The van der Waals surface area contributed by atoms with Gasteiger partial charge < -0.3 is 29.6 Å². The van der Waals surface area contributed by atoms with E-state index in [1.807, 2.05) is 26.0 Å². The second-order valence-electron chi connectivity index (χ2n) is 6.87. The summed E-state index contributed by atoms with van der Waals surface area (Å²) in [6.07, 6.45) is 14.3. The molecule has 0 fully saturated rings. The number of aliphatic carboxylic acids is 2. The Morgan fingerprint density at radius 1 is 0.677 bits per heavy atom. The fourth-order valence-electron chi connectivity index (χ4n) is 2.36. The van der Waals surface area contributed by atoms with Crippen molar-refractivity contribution in [3.8, 4) is 0 Å². The van der Waals surface area contributed by atoms with Gasteiger partial charge in [-0.2, -0.15) is 0 Å². The molecule has 2 amide bonds. The minimum atomic E-state index is -1.22. The molecule has 0 aliphatic heterocycles. The van der Waals surface area contributed by atoms with E-state index < -0.39 is 11.9 Å². The first kappa shape index (κ1) is 34.2. The maximum Gasteiger partial charge on any atom is 2.00 e. The third-order valence-electron chi connectivity index (χ3n) is 4.08. The number of carboxylic acids is 2. The SMILES string of the molecule is C/C=C/CCCCC(=O)N(C)CC(=O)[O-].C/C=C/CCCCC(=O)N(C)CC(=O)[O-].[Ca+2]. The van der Waals surface area contributed by atoms with Gasteiger partial charge >= 0.3 is 37.7 Å². The Morgan fingerprint density at radius 3 is 1.26 bits per heavy atom. The van der Waals surface area contributed by atoms with Crippen molar-refractivity contribution in [2.24, 2.45) is 0 Å². The normalized spacial score (nSPS) is 10.2. The predicted octanol–water partition coefficient (Wildman–Crippen LogP) is 0.282. The maximum atomic E-state index is 11.3. The molecule has 0 unspecified atom stereocenters. The number of allylic oxidation sites excluding steroid dienone is 4. The minimum Gasteiger partial charge on any atom is -0.548 e. The summed E-state index contributed by atoms with van der Waals surface area (Å²) in [5.74, 6) is -2.72. The van der Waals surface area contributed by atoms with Crippen LogP contribution in [0.2, 0.25) is 0 Å². The zero-order valence-electron chi connectivity index (χ0n) is 19.4.